The number of piperidine rings is 1. The van der Waals surface area contributed by atoms with E-state index >= 15 is 0 Å². The monoisotopic (exact) mass is 379 g/mol. The Morgan fingerprint density at radius 3 is 2.18 bits per heavy atom. The summed E-state index contributed by atoms with van der Waals surface area (Å²) < 4.78 is 0. The number of hydrogen-bond donors (Lipinski definition) is 2. The molecule has 146 valence electrons. The number of hydrogen-bond acceptors (Lipinski definition) is 3. The molecule has 2 aromatic carbocycles. The summed E-state index contributed by atoms with van der Waals surface area (Å²) in [5.74, 6) is -0.498. The van der Waals surface area contributed by atoms with Gasteiger partial charge in [-0.3, -0.25) is 14.4 Å². The first kappa shape index (κ1) is 19.6. The Morgan fingerprint density at radius 1 is 1.00 bits per heavy atom. The van der Waals surface area contributed by atoms with E-state index in [9.17, 15) is 14.4 Å². The van der Waals surface area contributed by atoms with Gasteiger partial charge in [0.1, 0.15) is 0 Å². The minimum Gasteiger partial charge on any atom is -0.366 e. The predicted octanol–water partition coefficient (Wildman–Crippen LogP) is 2.50. The number of nitrogens with two attached hydrogens (primary N) is 1. The fourth-order valence-electron chi connectivity index (χ4n) is 3.58. The molecule has 0 atom stereocenters. The van der Waals surface area contributed by atoms with E-state index in [1.54, 1.807) is 12.1 Å². The Morgan fingerprint density at radius 2 is 1.61 bits per heavy atom. The molecule has 2 aromatic rings. The maximum absolute atomic E-state index is 12.8. The second-order valence-electron chi connectivity index (χ2n) is 7.24. The van der Waals surface area contributed by atoms with Crippen molar-refractivity contribution in [2.75, 3.05) is 13.1 Å². The number of carbonyl (C=O) groups is 3. The van der Waals surface area contributed by atoms with E-state index in [-0.39, 0.29) is 17.9 Å². The summed E-state index contributed by atoms with van der Waals surface area (Å²) in [6.07, 6.45) is 1.53. The zero-order valence-electron chi connectivity index (χ0n) is 16.2. The highest BCUT2D eigenvalue weighted by Crippen LogP contribution is 2.25. The quantitative estimate of drug-likeness (QED) is 0.855. The van der Waals surface area contributed by atoms with Crippen LogP contribution in [0.5, 0.6) is 0 Å². The van der Waals surface area contributed by atoms with Gasteiger partial charge in [0, 0.05) is 37.2 Å². The topological polar surface area (TPSA) is 92.5 Å². The first-order valence-electron chi connectivity index (χ1n) is 9.42. The third-order valence-electron chi connectivity index (χ3n) is 5.15. The fourth-order valence-corrected chi connectivity index (χ4v) is 3.58. The van der Waals surface area contributed by atoms with Gasteiger partial charge in [0.05, 0.1) is 0 Å². The number of likely N-dealkylation sites (tertiary alicyclic amines) is 1. The molecule has 0 saturated carbocycles. The van der Waals surface area contributed by atoms with Crippen LogP contribution in [0.1, 0.15) is 46.0 Å². The Balaban J connectivity index is 1.71. The van der Waals surface area contributed by atoms with Crippen molar-refractivity contribution in [1.82, 2.24) is 10.2 Å². The van der Waals surface area contributed by atoms with E-state index < -0.39 is 5.91 Å². The average molecular weight is 379 g/mol. The standard InChI is InChI=1S/C22H25N3O3/c1-14-3-4-18(21(23)27)13-20(14)16-5-7-17(8-6-16)22(28)25-11-9-19(10-12-25)24-15(2)26/h3-8,13,19H,9-12H2,1-2H3,(H2,23,27)(H,24,26). The number of primary amides is 1. The van der Waals surface area contributed by atoms with Gasteiger partial charge >= 0.3 is 0 Å². The molecule has 1 saturated heterocycles. The lowest BCUT2D eigenvalue weighted by Gasteiger charge is -2.32. The van der Waals surface area contributed by atoms with Gasteiger partial charge in [0.25, 0.3) is 5.91 Å². The molecule has 3 N–H and O–H groups in total. The highest BCUT2D eigenvalue weighted by Gasteiger charge is 2.24. The minimum absolute atomic E-state index is 0.00423. The molecule has 0 aromatic heterocycles. The van der Waals surface area contributed by atoms with Crippen molar-refractivity contribution < 1.29 is 14.4 Å². The van der Waals surface area contributed by atoms with E-state index in [4.69, 9.17) is 5.73 Å². The second-order valence-corrected chi connectivity index (χ2v) is 7.24. The lowest BCUT2D eigenvalue weighted by atomic mass is 9.96. The second kappa shape index (κ2) is 8.25. The van der Waals surface area contributed by atoms with Gasteiger partial charge in [0.2, 0.25) is 11.8 Å². The van der Waals surface area contributed by atoms with Gasteiger partial charge in [-0.2, -0.15) is 0 Å². The molecular formula is C22H25N3O3. The van der Waals surface area contributed by atoms with Crippen LogP contribution in [0.2, 0.25) is 0 Å². The van der Waals surface area contributed by atoms with Crippen LogP contribution in [0.3, 0.4) is 0 Å². The first-order valence-corrected chi connectivity index (χ1v) is 9.42. The molecule has 0 aliphatic carbocycles. The normalized spacial score (nSPS) is 14.6. The average Bonchev–Trinajstić information content (AvgIpc) is 2.68. The van der Waals surface area contributed by atoms with Crippen molar-refractivity contribution >= 4 is 17.7 Å². The Labute approximate surface area is 164 Å². The molecule has 3 rings (SSSR count). The van der Waals surface area contributed by atoms with E-state index in [0.29, 0.717) is 24.2 Å². The molecule has 0 unspecified atom stereocenters. The summed E-state index contributed by atoms with van der Waals surface area (Å²) in [6, 6.07) is 12.9. The van der Waals surface area contributed by atoms with Gasteiger partial charge in [-0.1, -0.05) is 18.2 Å². The SMILES string of the molecule is CC(=O)NC1CCN(C(=O)c2ccc(-c3cc(C(N)=O)ccc3C)cc2)CC1. The number of carbonyl (C=O) groups excluding carboxylic acids is 3. The summed E-state index contributed by atoms with van der Waals surface area (Å²) in [5.41, 5.74) is 9.36. The van der Waals surface area contributed by atoms with Crippen molar-refractivity contribution in [3.8, 4) is 11.1 Å². The highest BCUT2D eigenvalue weighted by atomic mass is 16.2. The number of aryl methyl sites for hydroxylation is 1. The predicted molar refractivity (Wildman–Crippen MR) is 108 cm³/mol. The van der Waals surface area contributed by atoms with E-state index in [1.807, 2.05) is 42.2 Å². The van der Waals surface area contributed by atoms with E-state index in [1.165, 1.54) is 6.92 Å². The number of benzene rings is 2. The Kier molecular flexibility index (Phi) is 5.78. The molecule has 1 aliphatic heterocycles. The summed E-state index contributed by atoms with van der Waals surface area (Å²) in [7, 11) is 0. The highest BCUT2D eigenvalue weighted by molar-refractivity contribution is 5.96. The molecule has 28 heavy (non-hydrogen) atoms. The Hall–Kier alpha value is -3.15. The van der Waals surface area contributed by atoms with Gasteiger partial charge in [-0.05, 0) is 60.7 Å². The zero-order valence-corrected chi connectivity index (χ0v) is 16.2. The lowest BCUT2D eigenvalue weighted by Crippen LogP contribution is -2.46. The van der Waals surface area contributed by atoms with E-state index in [2.05, 4.69) is 5.32 Å². The third kappa shape index (κ3) is 4.39. The van der Waals surface area contributed by atoms with Gasteiger partial charge < -0.3 is 16.0 Å². The van der Waals surface area contributed by atoms with Crippen molar-refractivity contribution in [2.24, 2.45) is 5.73 Å². The van der Waals surface area contributed by atoms with Crippen LogP contribution in [-0.4, -0.2) is 41.8 Å². The van der Waals surface area contributed by atoms with Crippen LogP contribution < -0.4 is 11.1 Å². The Bertz CT molecular complexity index is 898. The molecule has 1 heterocycles. The summed E-state index contributed by atoms with van der Waals surface area (Å²) in [5, 5.41) is 2.91. The smallest absolute Gasteiger partial charge is 0.253 e. The van der Waals surface area contributed by atoms with Crippen LogP contribution in [0.15, 0.2) is 42.5 Å². The maximum atomic E-state index is 12.8. The minimum atomic E-state index is -0.462. The number of rotatable bonds is 4. The first-order chi connectivity index (χ1) is 13.3. The van der Waals surface area contributed by atoms with Crippen molar-refractivity contribution in [2.45, 2.75) is 32.7 Å². The van der Waals surface area contributed by atoms with Gasteiger partial charge in [-0.25, -0.2) is 0 Å². The van der Waals surface area contributed by atoms with Crippen molar-refractivity contribution in [1.29, 1.82) is 0 Å². The number of nitrogens with zero attached hydrogens (tertiary/aromatic N) is 1. The number of amides is 3. The van der Waals surface area contributed by atoms with Crippen molar-refractivity contribution in [3.05, 3.63) is 59.2 Å². The molecule has 1 fully saturated rings. The number of nitrogens with one attached hydrogen (secondary N) is 1. The van der Waals surface area contributed by atoms with Crippen LogP contribution in [0, 0.1) is 6.92 Å². The van der Waals surface area contributed by atoms with Crippen molar-refractivity contribution in [3.63, 3.8) is 0 Å². The maximum Gasteiger partial charge on any atom is 0.253 e. The van der Waals surface area contributed by atoms with Crippen LogP contribution in [0.25, 0.3) is 11.1 Å². The summed E-state index contributed by atoms with van der Waals surface area (Å²) >= 11 is 0. The fraction of sp³-hybridized carbons (Fsp3) is 0.318. The summed E-state index contributed by atoms with van der Waals surface area (Å²) in [4.78, 5) is 37.2. The molecular weight excluding hydrogens is 354 g/mol. The van der Waals surface area contributed by atoms with Crippen LogP contribution in [0.4, 0.5) is 0 Å². The largest absolute Gasteiger partial charge is 0.366 e. The molecule has 0 radical (unpaired) electrons. The molecule has 3 amide bonds. The molecule has 0 bridgehead atoms. The molecule has 0 spiro atoms. The van der Waals surface area contributed by atoms with E-state index in [0.717, 1.165) is 29.5 Å². The van der Waals surface area contributed by atoms with Crippen LogP contribution in [-0.2, 0) is 4.79 Å². The van der Waals surface area contributed by atoms with Crippen LogP contribution >= 0.6 is 0 Å². The van der Waals surface area contributed by atoms with Gasteiger partial charge in [0.15, 0.2) is 0 Å². The van der Waals surface area contributed by atoms with Gasteiger partial charge in [-0.15, -0.1) is 0 Å². The summed E-state index contributed by atoms with van der Waals surface area (Å²) in [6.45, 7) is 4.74. The lowest BCUT2D eigenvalue weighted by molar-refractivity contribution is -0.119. The molecule has 6 nitrogen and oxygen atoms in total. The third-order valence-corrected chi connectivity index (χ3v) is 5.15. The molecule has 6 heteroatoms. The zero-order chi connectivity index (χ0) is 20.3. The molecule has 1 aliphatic rings.